The lowest BCUT2D eigenvalue weighted by atomic mass is 9.87. The number of nitrogens with one attached hydrogen (secondary N) is 1. The summed E-state index contributed by atoms with van der Waals surface area (Å²) in [6.07, 6.45) is 6.82. The van der Waals surface area contributed by atoms with Gasteiger partial charge in [-0.1, -0.05) is 41.1 Å². The first-order chi connectivity index (χ1) is 15.6. The lowest BCUT2D eigenvalue weighted by Crippen LogP contribution is -2.42. The summed E-state index contributed by atoms with van der Waals surface area (Å²) in [5, 5.41) is 1.54. The van der Waals surface area contributed by atoms with Crippen molar-refractivity contribution in [3.8, 4) is 23.2 Å². The van der Waals surface area contributed by atoms with Gasteiger partial charge in [0.25, 0.3) is 0 Å². The summed E-state index contributed by atoms with van der Waals surface area (Å²) in [7, 11) is 0. The molecule has 0 spiro atoms. The minimum absolute atomic E-state index is 0.550. The highest BCUT2D eigenvalue weighted by Gasteiger charge is 2.29. The SMILES string of the molecule is Clc1ccc2c(c1)C[C@@H](N1CCc3nc(-c4ccc(C#CC5CC5)cc4Cl)[nH]c3C1)CC2. The van der Waals surface area contributed by atoms with Crippen molar-refractivity contribution >= 4 is 23.2 Å². The fourth-order valence-corrected chi connectivity index (χ4v) is 5.43. The molecule has 0 unspecified atom stereocenters. The average molecular weight is 462 g/mol. The molecule has 3 nitrogen and oxygen atoms in total. The van der Waals surface area contributed by atoms with Crippen LogP contribution in [0.1, 0.15) is 47.3 Å². The van der Waals surface area contributed by atoms with E-state index in [0.717, 1.165) is 54.3 Å². The van der Waals surface area contributed by atoms with Crippen LogP contribution in [0.15, 0.2) is 36.4 Å². The Bertz CT molecular complexity index is 1250. The predicted octanol–water partition coefficient (Wildman–Crippen LogP) is 6.06. The van der Waals surface area contributed by atoms with Crippen molar-refractivity contribution in [1.82, 2.24) is 14.9 Å². The van der Waals surface area contributed by atoms with E-state index < -0.39 is 0 Å². The zero-order valence-electron chi connectivity index (χ0n) is 17.9. The minimum atomic E-state index is 0.550. The third kappa shape index (κ3) is 4.08. The monoisotopic (exact) mass is 461 g/mol. The summed E-state index contributed by atoms with van der Waals surface area (Å²) in [6, 6.07) is 13.0. The molecule has 3 aliphatic rings. The van der Waals surface area contributed by atoms with E-state index in [1.54, 1.807) is 0 Å². The number of H-pyrrole nitrogens is 1. The molecule has 0 bridgehead atoms. The summed E-state index contributed by atoms with van der Waals surface area (Å²) < 4.78 is 0. The molecule has 1 aliphatic heterocycles. The molecule has 5 heteroatoms. The second kappa shape index (κ2) is 8.27. The number of nitrogens with zero attached hydrogens (tertiary/aromatic N) is 2. The van der Waals surface area contributed by atoms with Gasteiger partial charge in [-0.25, -0.2) is 4.98 Å². The van der Waals surface area contributed by atoms with Crippen molar-refractivity contribution < 1.29 is 0 Å². The lowest BCUT2D eigenvalue weighted by molar-refractivity contribution is 0.160. The molecule has 1 atom stereocenters. The van der Waals surface area contributed by atoms with Gasteiger partial charge in [-0.15, -0.1) is 0 Å². The molecule has 162 valence electrons. The van der Waals surface area contributed by atoms with Crippen LogP contribution in [0.25, 0.3) is 11.4 Å². The van der Waals surface area contributed by atoms with Gasteiger partial charge < -0.3 is 4.98 Å². The number of halogens is 2. The molecule has 3 aromatic rings. The van der Waals surface area contributed by atoms with Gasteiger partial charge >= 0.3 is 0 Å². The van der Waals surface area contributed by atoms with Gasteiger partial charge in [-0.3, -0.25) is 4.90 Å². The summed E-state index contributed by atoms with van der Waals surface area (Å²) in [6.45, 7) is 1.95. The topological polar surface area (TPSA) is 31.9 Å². The molecular weight excluding hydrogens is 437 g/mol. The van der Waals surface area contributed by atoms with E-state index in [1.807, 2.05) is 18.2 Å². The third-order valence-electron chi connectivity index (χ3n) is 6.97. The molecule has 1 saturated carbocycles. The molecule has 2 aliphatic carbocycles. The first-order valence-corrected chi connectivity index (χ1v) is 12.3. The fourth-order valence-electron chi connectivity index (χ4n) is 4.97. The first kappa shape index (κ1) is 20.4. The van der Waals surface area contributed by atoms with Crippen molar-refractivity contribution in [3.05, 3.63) is 74.5 Å². The molecule has 2 aromatic carbocycles. The Kier molecular flexibility index (Phi) is 5.26. The Hall–Kier alpha value is -2.25. The number of rotatable bonds is 2. The molecule has 1 aromatic heterocycles. The molecule has 1 N–H and O–H groups in total. The van der Waals surface area contributed by atoms with Gasteiger partial charge in [0.1, 0.15) is 5.82 Å². The van der Waals surface area contributed by atoms with Gasteiger partial charge in [0.15, 0.2) is 0 Å². The molecule has 2 heterocycles. The molecule has 6 rings (SSSR count). The van der Waals surface area contributed by atoms with Gasteiger partial charge in [0.2, 0.25) is 0 Å². The summed E-state index contributed by atoms with van der Waals surface area (Å²) in [5.41, 5.74) is 7.17. The molecule has 0 amide bonds. The molecular formula is C27H25Cl2N3. The predicted molar refractivity (Wildman–Crippen MR) is 130 cm³/mol. The highest BCUT2D eigenvalue weighted by atomic mass is 35.5. The summed E-state index contributed by atoms with van der Waals surface area (Å²) in [5.74, 6) is 8.00. The third-order valence-corrected chi connectivity index (χ3v) is 7.52. The normalized spacial score (nSPS) is 20.2. The van der Waals surface area contributed by atoms with Crippen LogP contribution in [0.5, 0.6) is 0 Å². The standard InChI is InChI=1S/C27H25Cl2N3/c28-21-8-6-19-7-9-22(15-20(19)14-21)32-12-11-25-26(16-32)31-27(30-25)23-10-5-18(13-24(23)29)4-3-17-1-2-17/h5-6,8,10,13-14,17,22H,1-2,7,9,11-12,15-16H2,(H,30,31)/t22-/m0/s1. The molecule has 32 heavy (non-hydrogen) atoms. The van der Waals surface area contributed by atoms with Crippen molar-refractivity contribution in [3.63, 3.8) is 0 Å². The number of hydrogen-bond donors (Lipinski definition) is 1. The van der Waals surface area contributed by atoms with E-state index in [9.17, 15) is 0 Å². The van der Waals surface area contributed by atoms with Crippen molar-refractivity contribution in [2.45, 2.75) is 51.1 Å². The van der Waals surface area contributed by atoms with E-state index in [1.165, 1.54) is 41.8 Å². The largest absolute Gasteiger partial charge is 0.340 e. The molecule has 0 radical (unpaired) electrons. The van der Waals surface area contributed by atoms with Crippen molar-refractivity contribution in [2.24, 2.45) is 5.92 Å². The van der Waals surface area contributed by atoms with Crippen LogP contribution < -0.4 is 0 Å². The quantitative estimate of drug-likeness (QED) is 0.470. The van der Waals surface area contributed by atoms with Crippen LogP contribution in [0.2, 0.25) is 10.0 Å². The van der Waals surface area contributed by atoms with E-state index >= 15 is 0 Å². The van der Waals surface area contributed by atoms with E-state index in [4.69, 9.17) is 28.2 Å². The van der Waals surface area contributed by atoms with Crippen LogP contribution >= 0.6 is 23.2 Å². The van der Waals surface area contributed by atoms with Crippen LogP contribution in [0.3, 0.4) is 0 Å². The number of aromatic nitrogens is 2. The average Bonchev–Trinajstić information content (AvgIpc) is 3.53. The maximum absolute atomic E-state index is 6.62. The fraction of sp³-hybridized carbons (Fsp3) is 0.370. The molecule has 1 fully saturated rings. The molecule has 0 saturated heterocycles. The van der Waals surface area contributed by atoms with Gasteiger partial charge in [0, 0.05) is 47.6 Å². The Morgan fingerprint density at radius 2 is 1.91 bits per heavy atom. The van der Waals surface area contributed by atoms with E-state index in [0.29, 0.717) is 17.0 Å². The number of imidazole rings is 1. The van der Waals surface area contributed by atoms with Gasteiger partial charge in [-0.05, 0) is 73.6 Å². The minimum Gasteiger partial charge on any atom is -0.340 e. The number of aromatic amines is 1. The van der Waals surface area contributed by atoms with Crippen LogP contribution in [0.4, 0.5) is 0 Å². The number of fused-ring (bicyclic) bond motifs is 2. The Morgan fingerprint density at radius 1 is 1.00 bits per heavy atom. The highest BCUT2D eigenvalue weighted by molar-refractivity contribution is 6.33. The second-order valence-corrected chi connectivity index (χ2v) is 10.1. The van der Waals surface area contributed by atoms with Crippen LogP contribution in [0, 0.1) is 17.8 Å². The number of aryl methyl sites for hydroxylation is 1. The van der Waals surface area contributed by atoms with E-state index in [2.05, 4.69) is 39.9 Å². The number of benzene rings is 2. The smallest absolute Gasteiger partial charge is 0.139 e. The Balaban J connectivity index is 1.19. The Labute approximate surface area is 199 Å². The van der Waals surface area contributed by atoms with Gasteiger partial charge in [0.05, 0.1) is 16.4 Å². The van der Waals surface area contributed by atoms with Crippen molar-refractivity contribution in [2.75, 3.05) is 6.54 Å². The van der Waals surface area contributed by atoms with E-state index in [-0.39, 0.29) is 0 Å². The zero-order valence-corrected chi connectivity index (χ0v) is 19.4. The van der Waals surface area contributed by atoms with Gasteiger partial charge in [-0.2, -0.15) is 0 Å². The van der Waals surface area contributed by atoms with Crippen LogP contribution in [-0.4, -0.2) is 27.5 Å². The lowest BCUT2D eigenvalue weighted by Gasteiger charge is -2.37. The summed E-state index contributed by atoms with van der Waals surface area (Å²) in [4.78, 5) is 11.1. The highest BCUT2D eigenvalue weighted by Crippen LogP contribution is 2.33. The maximum Gasteiger partial charge on any atom is 0.139 e. The van der Waals surface area contributed by atoms with Crippen LogP contribution in [-0.2, 0) is 25.8 Å². The van der Waals surface area contributed by atoms with Crippen molar-refractivity contribution in [1.29, 1.82) is 0 Å². The Morgan fingerprint density at radius 3 is 2.75 bits per heavy atom. The maximum atomic E-state index is 6.62. The summed E-state index contributed by atoms with van der Waals surface area (Å²) >= 11 is 12.9. The first-order valence-electron chi connectivity index (χ1n) is 11.5. The second-order valence-electron chi connectivity index (χ2n) is 9.28. The number of hydrogen-bond acceptors (Lipinski definition) is 2. The zero-order chi connectivity index (χ0) is 21.7.